The van der Waals surface area contributed by atoms with Crippen LogP contribution >= 0.6 is 0 Å². The van der Waals surface area contributed by atoms with Crippen LogP contribution in [-0.2, 0) is 9.53 Å². The highest BCUT2D eigenvalue weighted by molar-refractivity contribution is 5.99. The average molecular weight is 249 g/mol. The standard InChI is InChI=1S/C12H15N3O3/c13-11(15-17)8-3-1-4-9(7-8)14-12(16)10-5-2-6-18-10/h1,3-4,7,10,17H,2,5-6H2,(H2,13,15)(H,14,16). The number of anilines is 1. The van der Waals surface area contributed by atoms with Crippen LogP contribution in [0.1, 0.15) is 18.4 Å². The molecule has 96 valence electrons. The third-order valence-corrected chi connectivity index (χ3v) is 2.76. The predicted molar refractivity (Wildman–Crippen MR) is 66.6 cm³/mol. The first kappa shape index (κ1) is 12.4. The normalized spacial score (nSPS) is 19.8. The summed E-state index contributed by atoms with van der Waals surface area (Å²) in [4.78, 5) is 11.8. The minimum Gasteiger partial charge on any atom is -0.409 e. The molecule has 1 heterocycles. The van der Waals surface area contributed by atoms with E-state index in [1.165, 1.54) is 0 Å². The van der Waals surface area contributed by atoms with E-state index in [0.717, 1.165) is 12.8 Å². The van der Waals surface area contributed by atoms with E-state index in [0.29, 0.717) is 17.9 Å². The Balaban J connectivity index is 2.07. The van der Waals surface area contributed by atoms with Crippen LogP contribution in [0.2, 0.25) is 0 Å². The number of carbonyl (C=O) groups is 1. The van der Waals surface area contributed by atoms with E-state index in [4.69, 9.17) is 15.7 Å². The number of hydrogen-bond acceptors (Lipinski definition) is 4. The van der Waals surface area contributed by atoms with Crippen LogP contribution in [0.3, 0.4) is 0 Å². The first-order valence-corrected chi connectivity index (χ1v) is 5.71. The Hall–Kier alpha value is -2.08. The molecule has 1 unspecified atom stereocenters. The van der Waals surface area contributed by atoms with Crippen LogP contribution in [0.4, 0.5) is 5.69 Å². The van der Waals surface area contributed by atoms with Gasteiger partial charge in [-0.2, -0.15) is 0 Å². The van der Waals surface area contributed by atoms with Crippen molar-refractivity contribution in [2.45, 2.75) is 18.9 Å². The molecule has 0 spiro atoms. The summed E-state index contributed by atoms with van der Waals surface area (Å²) in [6.07, 6.45) is 1.27. The zero-order valence-electron chi connectivity index (χ0n) is 9.80. The monoisotopic (exact) mass is 249 g/mol. The zero-order chi connectivity index (χ0) is 13.0. The summed E-state index contributed by atoms with van der Waals surface area (Å²) in [6, 6.07) is 6.79. The lowest BCUT2D eigenvalue weighted by Gasteiger charge is -2.11. The summed E-state index contributed by atoms with van der Waals surface area (Å²) < 4.78 is 5.29. The Morgan fingerprint density at radius 2 is 2.39 bits per heavy atom. The minimum absolute atomic E-state index is 0.00298. The van der Waals surface area contributed by atoms with Gasteiger partial charge in [0.1, 0.15) is 6.10 Å². The van der Waals surface area contributed by atoms with Crippen LogP contribution in [0.15, 0.2) is 29.4 Å². The van der Waals surface area contributed by atoms with Gasteiger partial charge in [0.25, 0.3) is 5.91 Å². The van der Waals surface area contributed by atoms with Crippen molar-refractivity contribution in [3.05, 3.63) is 29.8 Å². The second-order valence-corrected chi connectivity index (χ2v) is 4.06. The number of nitrogens with one attached hydrogen (secondary N) is 1. The van der Waals surface area contributed by atoms with Gasteiger partial charge in [-0.1, -0.05) is 17.3 Å². The van der Waals surface area contributed by atoms with E-state index in [2.05, 4.69) is 10.5 Å². The molecule has 0 radical (unpaired) electrons. The third-order valence-electron chi connectivity index (χ3n) is 2.76. The summed E-state index contributed by atoms with van der Waals surface area (Å²) >= 11 is 0. The first-order chi connectivity index (χ1) is 8.70. The van der Waals surface area contributed by atoms with Gasteiger partial charge in [0.15, 0.2) is 5.84 Å². The van der Waals surface area contributed by atoms with Gasteiger partial charge >= 0.3 is 0 Å². The average Bonchev–Trinajstić information content (AvgIpc) is 2.92. The molecule has 1 amide bonds. The van der Waals surface area contributed by atoms with E-state index in [9.17, 15) is 4.79 Å². The Kier molecular flexibility index (Phi) is 3.78. The van der Waals surface area contributed by atoms with Crippen LogP contribution in [0, 0.1) is 0 Å². The smallest absolute Gasteiger partial charge is 0.253 e. The molecule has 1 aliphatic heterocycles. The van der Waals surface area contributed by atoms with E-state index in [1.54, 1.807) is 24.3 Å². The van der Waals surface area contributed by atoms with Gasteiger partial charge in [-0.25, -0.2) is 0 Å². The maximum atomic E-state index is 11.8. The van der Waals surface area contributed by atoms with Crippen LogP contribution in [0.5, 0.6) is 0 Å². The largest absolute Gasteiger partial charge is 0.409 e. The third kappa shape index (κ3) is 2.78. The molecule has 1 fully saturated rings. The molecule has 1 saturated heterocycles. The Morgan fingerprint density at radius 3 is 3.06 bits per heavy atom. The molecule has 18 heavy (non-hydrogen) atoms. The number of nitrogens with two attached hydrogens (primary N) is 1. The highest BCUT2D eigenvalue weighted by Crippen LogP contribution is 2.16. The summed E-state index contributed by atoms with van der Waals surface area (Å²) in [5, 5.41) is 14.2. The van der Waals surface area contributed by atoms with Gasteiger partial charge in [-0.05, 0) is 25.0 Å². The maximum Gasteiger partial charge on any atom is 0.253 e. The molecule has 1 atom stereocenters. The highest BCUT2D eigenvalue weighted by atomic mass is 16.5. The van der Waals surface area contributed by atoms with E-state index in [-0.39, 0.29) is 17.8 Å². The lowest BCUT2D eigenvalue weighted by Crippen LogP contribution is -2.27. The molecule has 1 aliphatic rings. The van der Waals surface area contributed by atoms with E-state index >= 15 is 0 Å². The summed E-state index contributed by atoms with van der Waals surface area (Å²) in [5.41, 5.74) is 6.62. The fraction of sp³-hybridized carbons (Fsp3) is 0.333. The van der Waals surface area contributed by atoms with Gasteiger partial charge < -0.3 is 21.0 Å². The lowest BCUT2D eigenvalue weighted by molar-refractivity contribution is -0.124. The number of benzene rings is 1. The van der Waals surface area contributed by atoms with Crippen LogP contribution < -0.4 is 11.1 Å². The number of nitrogens with zero attached hydrogens (tertiary/aromatic N) is 1. The lowest BCUT2D eigenvalue weighted by atomic mass is 10.1. The van der Waals surface area contributed by atoms with Gasteiger partial charge in [-0.3, -0.25) is 4.79 Å². The van der Waals surface area contributed by atoms with Gasteiger partial charge in [-0.15, -0.1) is 0 Å². The first-order valence-electron chi connectivity index (χ1n) is 5.71. The van der Waals surface area contributed by atoms with Crippen molar-refractivity contribution in [3.8, 4) is 0 Å². The predicted octanol–water partition coefficient (Wildman–Crippen LogP) is 0.899. The number of hydrogen-bond donors (Lipinski definition) is 3. The van der Waals surface area contributed by atoms with Crippen LogP contribution in [0.25, 0.3) is 0 Å². The number of ether oxygens (including phenoxy) is 1. The number of oxime groups is 1. The van der Waals surface area contributed by atoms with Gasteiger partial charge in [0.05, 0.1) is 0 Å². The fourth-order valence-corrected chi connectivity index (χ4v) is 1.82. The maximum absolute atomic E-state index is 11.8. The van der Waals surface area contributed by atoms with Crippen molar-refractivity contribution in [1.82, 2.24) is 0 Å². The van der Waals surface area contributed by atoms with Crippen molar-refractivity contribution in [1.29, 1.82) is 0 Å². The van der Waals surface area contributed by atoms with Crippen LogP contribution in [-0.4, -0.2) is 29.7 Å². The quantitative estimate of drug-likeness (QED) is 0.321. The van der Waals surface area contributed by atoms with Crippen molar-refractivity contribution in [2.75, 3.05) is 11.9 Å². The molecule has 2 rings (SSSR count). The number of amidine groups is 1. The molecule has 1 aromatic carbocycles. The molecule has 4 N–H and O–H groups in total. The Labute approximate surface area is 104 Å². The van der Waals surface area contributed by atoms with Crippen molar-refractivity contribution >= 4 is 17.4 Å². The molecule has 0 saturated carbocycles. The number of amides is 1. The molecule has 0 bridgehead atoms. The Morgan fingerprint density at radius 1 is 1.56 bits per heavy atom. The molecular weight excluding hydrogens is 234 g/mol. The van der Waals surface area contributed by atoms with Crippen molar-refractivity contribution in [2.24, 2.45) is 10.9 Å². The molecule has 1 aromatic rings. The second-order valence-electron chi connectivity index (χ2n) is 4.06. The summed E-state index contributed by atoms with van der Waals surface area (Å²) in [5.74, 6) is -0.160. The van der Waals surface area contributed by atoms with E-state index in [1.807, 2.05) is 0 Å². The minimum atomic E-state index is -0.377. The Bertz CT molecular complexity index is 467. The number of carbonyl (C=O) groups excluding carboxylic acids is 1. The van der Waals surface area contributed by atoms with Crippen molar-refractivity contribution < 1.29 is 14.7 Å². The number of rotatable bonds is 3. The van der Waals surface area contributed by atoms with Gasteiger partial charge in [0.2, 0.25) is 0 Å². The SMILES string of the molecule is N/C(=N/O)c1cccc(NC(=O)C2CCCO2)c1. The molecule has 6 nitrogen and oxygen atoms in total. The molecular formula is C12H15N3O3. The second kappa shape index (κ2) is 5.50. The highest BCUT2D eigenvalue weighted by Gasteiger charge is 2.23. The van der Waals surface area contributed by atoms with Gasteiger partial charge in [0, 0.05) is 17.9 Å². The topological polar surface area (TPSA) is 96.9 Å². The summed E-state index contributed by atoms with van der Waals surface area (Å²) in [7, 11) is 0. The molecule has 6 heteroatoms. The molecule has 0 aromatic heterocycles. The summed E-state index contributed by atoms with van der Waals surface area (Å²) in [6.45, 7) is 0.627. The zero-order valence-corrected chi connectivity index (χ0v) is 9.80. The fourth-order valence-electron chi connectivity index (χ4n) is 1.82. The van der Waals surface area contributed by atoms with E-state index < -0.39 is 0 Å². The molecule has 0 aliphatic carbocycles. The van der Waals surface area contributed by atoms with Crippen molar-refractivity contribution in [3.63, 3.8) is 0 Å².